The Morgan fingerprint density at radius 1 is 0.909 bits per heavy atom. The van der Waals surface area contributed by atoms with Crippen molar-refractivity contribution >= 4 is 23.3 Å². The van der Waals surface area contributed by atoms with Crippen LogP contribution in [-0.4, -0.2) is 25.0 Å². The fraction of sp³-hybridized carbons (Fsp3) is 0.286. The van der Waals surface area contributed by atoms with Crippen molar-refractivity contribution in [2.75, 3.05) is 23.3 Å². The van der Waals surface area contributed by atoms with E-state index in [-0.39, 0.29) is 17.9 Å². The highest BCUT2D eigenvalue weighted by Crippen LogP contribution is 2.26. The Morgan fingerprint density at radius 2 is 1.64 bits per heavy atom. The van der Waals surface area contributed by atoms with E-state index in [2.05, 4.69) is 35.8 Å². The third-order valence-corrected chi connectivity index (χ3v) is 6.15. The smallest absolute Gasteiger partial charge is 0.326 e. The first kappa shape index (κ1) is 22.6. The summed E-state index contributed by atoms with van der Waals surface area (Å²) in [5, 5.41) is 6.02. The number of carbonyl (C=O) groups excluding carboxylic acids is 2. The molecule has 0 aliphatic carbocycles. The summed E-state index contributed by atoms with van der Waals surface area (Å²) in [5.74, 6) is 0.257. The third kappa shape index (κ3) is 6.01. The molecule has 0 saturated heterocycles. The number of para-hydroxylation sites is 1. The van der Waals surface area contributed by atoms with Gasteiger partial charge >= 0.3 is 6.03 Å². The molecule has 5 heteroatoms. The lowest BCUT2D eigenvalue weighted by molar-refractivity contribution is -0.120. The van der Waals surface area contributed by atoms with Gasteiger partial charge in [-0.3, -0.25) is 9.69 Å². The van der Waals surface area contributed by atoms with Crippen LogP contribution in [0, 0.1) is 0 Å². The summed E-state index contributed by atoms with van der Waals surface area (Å²) < 4.78 is 0. The fourth-order valence-corrected chi connectivity index (χ4v) is 4.21. The fourth-order valence-electron chi connectivity index (χ4n) is 4.21. The molecule has 1 aliphatic heterocycles. The molecule has 1 heterocycles. The van der Waals surface area contributed by atoms with Crippen LogP contribution >= 0.6 is 0 Å². The molecule has 1 unspecified atom stereocenters. The van der Waals surface area contributed by atoms with Gasteiger partial charge in [-0.1, -0.05) is 67.6 Å². The summed E-state index contributed by atoms with van der Waals surface area (Å²) in [4.78, 5) is 27.2. The van der Waals surface area contributed by atoms with Crippen LogP contribution in [0.5, 0.6) is 0 Å². The van der Waals surface area contributed by atoms with Crippen molar-refractivity contribution in [1.29, 1.82) is 0 Å². The number of carbonyl (C=O) groups is 2. The van der Waals surface area contributed by atoms with Gasteiger partial charge in [0.1, 0.15) is 0 Å². The van der Waals surface area contributed by atoms with Crippen LogP contribution in [0.2, 0.25) is 0 Å². The number of rotatable bonds is 6. The summed E-state index contributed by atoms with van der Waals surface area (Å²) in [6, 6.07) is 25.7. The molecule has 4 rings (SSSR count). The van der Waals surface area contributed by atoms with Crippen LogP contribution in [0.25, 0.3) is 0 Å². The first-order valence-corrected chi connectivity index (χ1v) is 11.7. The lowest BCUT2D eigenvalue weighted by atomic mass is 10.0. The zero-order chi connectivity index (χ0) is 23.0. The Morgan fingerprint density at radius 3 is 2.42 bits per heavy atom. The van der Waals surface area contributed by atoms with Gasteiger partial charge in [0.05, 0.1) is 6.42 Å². The first-order valence-electron chi connectivity index (χ1n) is 11.7. The van der Waals surface area contributed by atoms with Gasteiger partial charge in [-0.05, 0) is 60.1 Å². The van der Waals surface area contributed by atoms with E-state index in [1.807, 2.05) is 65.6 Å². The second kappa shape index (κ2) is 10.8. The van der Waals surface area contributed by atoms with Gasteiger partial charge in [-0.15, -0.1) is 0 Å². The lowest BCUT2D eigenvalue weighted by Gasteiger charge is -2.23. The molecule has 0 fully saturated rings. The predicted molar refractivity (Wildman–Crippen MR) is 134 cm³/mol. The minimum absolute atomic E-state index is 0.00394. The van der Waals surface area contributed by atoms with Crippen molar-refractivity contribution < 1.29 is 9.59 Å². The molecule has 5 nitrogen and oxygen atoms in total. The molecule has 3 aromatic carbocycles. The van der Waals surface area contributed by atoms with Gasteiger partial charge < -0.3 is 10.6 Å². The number of amides is 3. The van der Waals surface area contributed by atoms with E-state index >= 15 is 0 Å². The summed E-state index contributed by atoms with van der Waals surface area (Å²) in [5.41, 5.74) is 5.06. The molecule has 33 heavy (non-hydrogen) atoms. The Hall–Kier alpha value is -3.60. The highest BCUT2D eigenvalue weighted by Gasteiger charge is 2.21. The topological polar surface area (TPSA) is 61.4 Å². The van der Waals surface area contributed by atoms with Crippen LogP contribution in [0.1, 0.15) is 42.4 Å². The van der Waals surface area contributed by atoms with Crippen molar-refractivity contribution in [2.24, 2.45) is 0 Å². The minimum Gasteiger partial charge on any atom is -0.355 e. The molecule has 1 aliphatic rings. The first-order chi connectivity index (χ1) is 16.1. The maximum atomic E-state index is 13.0. The molecule has 0 spiro atoms. The van der Waals surface area contributed by atoms with E-state index in [1.165, 1.54) is 11.1 Å². The maximum absolute atomic E-state index is 13.0. The van der Waals surface area contributed by atoms with Crippen LogP contribution in [0.4, 0.5) is 16.2 Å². The SMILES string of the molecule is CC(CNC(=O)Cc1ccc(NC(=O)N2CCCCc3ccccc32)cc1)c1ccccc1. The Bertz CT molecular complexity index is 1080. The number of urea groups is 1. The molecular weight excluding hydrogens is 410 g/mol. The van der Waals surface area contributed by atoms with Gasteiger partial charge in [0.25, 0.3) is 0 Å². The van der Waals surface area contributed by atoms with Crippen molar-refractivity contribution in [3.8, 4) is 0 Å². The van der Waals surface area contributed by atoms with Gasteiger partial charge in [0.15, 0.2) is 0 Å². The highest BCUT2D eigenvalue weighted by atomic mass is 16.2. The Labute approximate surface area is 195 Å². The number of fused-ring (bicyclic) bond motifs is 1. The van der Waals surface area contributed by atoms with Gasteiger partial charge in [-0.2, -0.15) is 0 Å². The second-order valence-corrected chi connectivity index (χ2v) is 8.66. The molecule has 1 atom stereocenters. The van der Waals surface area contributed by atoms with Crippen LogP contribution in [-0.2, 0) is 17.6 Å². The molecule has 0 radical (unpaired) electrons. The minimum atomic E-state index is -0.121. The molecule has 0 aromatic heterocycles. The Kier molecular flexibility index (Phi) is 7.40. The van der Waals surface area contributed by atoms with E-state index in [0.29, 0.717) is 19.5 Å². The summed E-state index contributed by atoms with van der Waals surface area (Å²) in [6.45, 7) is 3.42. The number of hydrogen-bond acceptors (Lipinski definition) is 2. The van der Waals surface area contributed by atoms with Gasteiger partial charge in [-0.25, -0.2) is 4.79 Å². The molecule has 0 bridgehead atoms. The molecule has 3 amide bonds. The van der Waals surface area contributed by atoms with Gasteiger partial charge in [0.2, 0.25) is 5.91 Å². The van der Waals surface area contributed by atoms with E-state index in [4.69, 9.17) is 0 Å². The molecule has 0 saturated carbocycles. The number of nitrogens with one attached hydrogen (secondary N) is 2. The van der Waals surface area contributed by atoms with E-state index in [1.54, 1.807) is 0 Å². The quantitative estimate of drug-likeness (QED) is 0.529. The number of nitrogens with zero attached hydrogens (tertiary/aromatic N) is 1. The summed E-state index contributed by atoms with van der Waals surface area (Å²) >= 11 is 0. The normalized spacial score (nSPS) is 14.0. The number of anilines is 2. The summed E-state index contributed by atoms with van der Waals surface area (Å²) in [6.07, 6.45) is 3.39. The average Bonchev–Trinajstić information content (AvgIpc) is 3.07. The molecule has 2 N–H and O–H groups in total. The monoisotopic (exact) mass is 441 g/mol. The standard InChI is InChI=1S/C28H31N3O2/c1-21(23-9-3-2-4-10-23)20-29-27(32)19-22-14-16-25(17-15-22)30-28(33)31-18-8-7-12-24-11-5-6-13-26(24)31/h2-6,9-11,13-17,21H,7-8,12,18-20H2,1H3,(H,29,32)(H,30,33). The number of hydrogen-bond donors (Lipinski definition) is 2. The number of aryl methyl sites for hydroxylation is 1. The van der Waals surface area contributed by atoms with E-state index in [9.17, 15) is 9.59 Å². The maximum Gasteiger partial charge on any atom is 0.326 e. The van der Waals surface area contributed by atoms with Crippen molar-refractivity contribution in [3.63, 3.8) is 0 Å². The van der Waals surface area contributed by atoms with Crippen molar-refractivity contribution in [3.05, 3.63) is 95.6 Å². The third-order valence-electron chi connectivity index (χ3n) is 6.15. The highest BCUT2D eigenvalue weighted by molar-refractivity contribution is 6.02. The van der Waals surface area contributed by atoms with Crippen molar-refractivity contribution in [1.82, 2.24) is 5.32 Å². The van der Waals surface area contributed by atoms with Crippen LogP contribution in [0.3, 0.4) is 0 Å². The summed E-state index contributed by atoms with van der Waals surface area (Å²) in [7, 11) is 0. The lowest BCUT2D eigenvalue weighted by Crippen LogP contribution is -2.35. The van der Waals surface area contributed by atoms with Crippen LogP contribution in [0.15, 0.2) is 78.9 Å². The molecule has 3 aromatic rings. The van der Waals surface area contributed by atoms with Crippen molar-refractivity contribution in [2.45, 2.75) is 38.5 Å². The van der Waals surface area contributed by atoms with Crippen LogP contribution < -0.4 is 15.5 Å². The largest absolute Gasteiger partial charge is 0.355 e. The predicted octanol–water partition coefficient (Wildman–Crippen LogP) is 5.52. The zero-order valence-corrected chi connectivity index (χ0v) is 19.1. The van der Waals surface area contributed by atoms with Gasteiger partial charge in [0, 0.05) is 24.5 Å². The molecular formula is C28H31N3O2. The zero-order valence-electron chi connectivity index (χ0n) is 19.1. The molecule has 170 valence electrons. The second-order valence-electron chi connectivity index (χ2n) is 8.66. The van der Waals surface area contributed by atoms with E-state index < -0.39 is 0 Å². The van der Waals surface area contributed by atoms with E-state index in [0.717, 1.165) is 36.2 Å². The Balaban J connectivity index is 1.30. The average molecular weight is 442 g/mol. The number of benzene rings is 3.